The normalized spacial score (nSPS) is 25.9. The molecule has 5 rings (SSSR count). The molecule has 0 N–H and O–H groups in total. The number of carbonyl (C=O) groups is 2. The van der Waals surface area contributed by atoms with Crippen LogP contribution in [0.25, 0.3) is 0 Å². The van der Waals surface area contributed by atoms with E-state index >= 15 is 0 Å². The summed E-state index contributed by atoms with van der Waals surface area (Å²) in [6.45, 7) is 4.11. The second-order valence-electron chi connectivity index (χ2n) is 9.48. The Hall–Kier alpha value is -3.79. The Labute approximate surface area is 207 Å². The van der Waals surface area contributed by atoms with Gasteiger partial charge in [-0.15, -0.1) is 0 Å². The second-order valence-corrected chi connectivity index (χ2v) is 9.48. The molecule has 0 unspecified atom stereocenters. The lowest BCUT2D eigenvalue weighted by Gasteiger charge is -2.49. The largest absolute Gasteiger partial charge is 0.298 e. The molecule has 3 aromatic carbocycles. The van der Waals surface area contributed by atoms with Gasteiger partial charge >= 0.3 is 0 Å². The minimum Gasteiger partial charge on any atom is -0.298 e. The summed E-state index contributed by atoms with van der Waals surface area (Å²) in [5, 5.41) is 6.44. The van der Waals surface area contributed by atoms with Crippen LogP contribution in [0, 0.1) is 11.3 Å². The van der Waals surface area contributed by atoms with Gasteiger partial charge in [-0.2, -0.15) is 10.1 Å². The summed E-state index contributed by atoms with van der Waals surface area (Å²) >= 11 is 0. The van der Waals surface area contributed by atoms with E-state index in [0.29, 0.717) is 5.57 Å². The maximum Gasteiger partial charge on any atom is 0.260 e. The van der Waals surface area contributed by atoms with E-state index in [1.165, 1.54) is 0 Å². The number of hydrazone groups is 1. The third-order valence-corrected chi connectivity index (χ3v) is 7.56. The maximum absolute atomic E-state index is 14.7. The lowest BCUT2D eigenvalue weighted by molar-refractivity contribution is -0.126. The SMILES string of the molecule is CCC[C@H]1C=C(C=O)[C@@H](c2ccccc2)[C@]2(C(=O)N(c3ccccc3)N=C2C)[C@@H]1c1ccccc1. The summed E-state index contributed by atoms with van der Waals surface area (Å²) in [7, 11) is 0. The van der Waals surface area contributed by atoms with Crippen molar-refractivity contribution in [1.82, 2.24) is 0 Å². The summed E-state index contributed by atoms with van der Waals surface area (Å²) in [6, 6.07) is 29.8. The number of aldehydes is 1. The van der Waals surface area contributed by atoms with Gasteiger partial charge < -0.3 is 0 Å². The summed E-state index contributed by atoms with van der Waals surface area (Å²) in [4.78, 5) is 27.3. The van der Waals surface area contributed by atoms with Crippen LogP contribution in [0.2, 0.25) is 0 Å². The molecule has 35 heavy (non-hydrogen) atoms. The van der Waals surface area contributed by atoms with Gasteiger partial charge in [0.05, 0.1) is 11.4 Å². The predicted molar refractivity (Wildman–Crippen MR) is 140 cm³/mol. The highest BCUT2D eigenvalue weighted by atomic mass is 16.2. The van der Waals surface area contributed by atoms with Crippen LogP contribution in [0.1, 0.15) is 49.7 Å². The van der Waals surface area contributed by atoms with Crippen molar-refractivity contribution >= 4 is 23.6 Å². The van der Waals surface area contributed by atoms with E-state index in [9.17, 15) is 9.59 Å². The van der Waals surface area contributed by atoms with Crippen molar-refractivity contribution in [2.45, 2.75) is 38.5 Å². The molecule has 0 saturated carbocycles. The van der Waals surface area contributed by atoms with Crippen molar-refractivity contribution in [1.29, 1.82) is 0 Å². The van der Waals surface area contributed by atoms with Crippen LogP contribution >= 0.6 is 0 Å². The highest BCUT2D eigenvalue weighted by Gasteiger charge is 2.63. The molecule has 4 atom stereocenters. The van der Waals surface area contributed by atoms with Gasteiger partial charge in [0, 0.05) is 11.8 Å². The number of para-hydroxylation sites is 1. The Morgan fingerprint density at radius 3 is 2.03 bits per heavy atom. The molecule has 4 nitrogen and oxygen atoms in total. The lowest BCUT2D eigenvalue weighted by atomic mass is 9.51. The van der Waals surface area contributed by atoms with Crippen LogP contribution in [-0.2, 0) is 9.59 Å². The quantitative estimate of drug-likeness (QED) is 0.392. The minimum absolute atomic E-state index is 0.0346. The van der Waals surface area contributed by atoms with Crippen LogP contribution in [0.15, 0.2) is 108 Å². The molecule has 3 aromatic rings. The van der Waals surface area contributed by atoms with E-state index in [1.807, 2.05) is 85.8 Å². The molecular weight excluding hydrogens is 432 g/mol. The number of nitrogens with zero attached hydrogens (tertiary/aromatic N) is 2. The van der Waals surface area contributed by atoms with Crippen molar-refractivity contribution in [2.75, 3.05) is 5.01 Å². The molecule has 0 aromatic heterocycles. The molecular formula is C31H30N2O2. The van der Waals surface area contributed by atoms with Crippen molar-refractivity contribution in [2.24, 2.45) is 16.4 Å². The number of hydrogen-bond donors (Lipinski definition) is 0. The summed E-state index contributed by atoms with van der Waals surface area (Å²) in [6.07, 6.45) is 4.92. The zero-order chi connectivity index (χ0) is 24.4. The van der Waals surface area contributed by atoms with Crippen LogP contribution in [-0.4, -0.2) is 17.9 Å². The fourth-order valence-corrected chi connectivity index (χ4v) is 6.22. The molecule has 4 heteroatoms. The summed E-state index contributed by atoms with van der Waals surface area (Å²) < 4.78 is 0. The number of allylic oxidation sites excluding steroid dienone is 2. The average molecular weight is 463 g/mol. The first-order chi connectivity index (χ1) is 17.1. The summed E-state index contributed by atoms with van der Waals surface area (Å²) in [5.41, 5.74) is 3.21. The van der Waals surface area contributed by atoms with Gasteiger partial charge in [-0.3, -0.25) is 9.59 Å². The van der Waals surface area contributed by atoms with Gasteiger partial charge in [0.2, 0.25) is 0 Å². The van der Waals surface area contributed by atoms with Gasteiger partial charge in [-0.25, -0.2) is 0 Å². The van der Waals surface area contributed by atoms with Gasteiger partial charge in [0.1, 0.15) is 11.7 Å². The highest BCUT2D eigenvalue weighted by Crippen LogP contribution is 2.61. The Bertz CT molecular complexity index is 1270. The van der Waals surface area contributed by atoms with Gasteiger partial charge in [0.25, 0.3) is 5.91 Å². The Morgan fingerprint density at radius 2 is 1.46 bits per heavy atom. The average Bonchev–Trinajstić information content (AvgIpc) is 3.16. The van der Waals surface area contributed by atoms with Crippen LogP contribution in [0.4, 0.5) is 5.69 Å². The van der Waals surface area contributed by atoms with E-state index in [4.69, 9.17) is 5.10 Å². The smallest absolute Gasteiger partial charge is 0.260 e. The zero-order valence-corrected chi connectivity index (χ0v) is 20.2. The standard InChI is InChI=1S/C31H30N2O2/c1-3-13-25-20-26(21-34)29(24-16-9-5-10-17-24)31(28(25)23-14-7-4-8-15-23)22(2)32-33(30(31)35)27-18-11-6-12-19-27/h4-12,14-21,25,28-29H,3,13H2,1-2H3/t25-,28+,29+,31+/m0/s1. The molecule has 1 aliphatic carbocycles. The van der Waals surface area contributed by atoms with E-state index in [-0.39, 0.29) is 17.7 Å². The number of rotatable bonds is 6. The molecule has 0 bridgehead atoms. The minimum atomic E-state index is -1.01. The van der Waals surface area contributed by atoms with Gasteiger partial charge in [0.15, 0.2) is 0 Å². The Morgan fingerprint density at radius 1 is 0.886 bits per heavy atom. The number of anilines is 1. The molecule has 1 spiro atoms. The van der Waals surface area contributed by atoms with Crippen LogP contribution in [0.3, 0.4) is 0 Å². The molecule has 2 aliphatic rings. The van der Waals surface area contributed by atoms with E-state index in [0.717, 1.165) is 41.7 Å². The first kappa shape index (κ1) is 23.0. The number of hydrogen-bond acceptors (Lipinski definition) is 3. The molecule has 1 amide bonds. The zero-order valence-electron chi connectivity index (χ0n) is 20.2. The fourth-order valence-electron chi connectivity index (χ4n) is 6.22. The van der Waals surface area contributed by atoms with Crippen LogP contribution in [0.5, 0.6) is 0 Å². The highest BCUT2D eigenvalue weighted by molar-refractivity contribution is 6.21. The molecule has 1 heterocycles. The van der Waals surface area contributed by atoms with E-state index in [2.05, 4.69) is 25.1 Å². The molecule has 0 saturated heterocycles. The first-order valence-corrected chi connectivity index (χ1v) is 12.3. The van der Waals surface area contributed by atoms with E-state index < -0.39 is 11.3 Å². The molecule has 1 aliphatic heterocycles. The Balaban J connectivity index is 1.82. The van der Waals surface area contributed by atoms with Crippen molar-refractivity contribution in [3.8, 4) is 0 Å². The third-order valence-electron chi connectivity index (χ3n) is 7.56. The fraction of sp³-hybridized carbons (Fsp3) is 0.258. The lowest BCUT2D eigenvalue weighted by Crippen LogP contribution is -2.53. The Kier molecular flexibility index (Phi) is 6.21. The van der Waals surface area contributed by atoms with Crippen molar-refractivity contribution < 1.29 is 9.59 Å². The van der Waals surface area contributed by atoms with Gasteiger partial charge in [-0.1, -0.05) is 98.3 Å². The molecule has 176 valence electrons. The molecule has 0 radical (unpaired) electrons. The number of carbonyl (C=O) groups excluding carboxylic acids is 2. The number of benzene rings is 3. The predicted octanol–water partition coefficient (Wildman–Crippen LogP) is 6.52. The maximum atomic E-state index is 14.7. The van der Waals surface area contributed by atoms with Crippen LogP contribution < -0.4 is 5.01 Å². The third kappa shape index (κ3) is 3.65. The monoisotopic (exact) mass is 462 g/mol. The van der Waals surface area contributed by atoms with E-state index in [1.54, 1.807) is 5.01 Å². The van der Waals surface area contributed by atoms with Crippen molar-refractivity contribution in [3.63, 3.8) is 0 Å². The first-order valence-electron chi connectivity index (χ1n) is 12.3. The topological polar surface area (TPSA) is 49.7 Å². The number of amides is 1. The second kappa shape index (κ2) is 9.46. The summed E-state index contributed by atoms with van der Waals surface area (Å²) in [5.74, 6) is -0.614. The van der Waals surface area contributed by atoms with Crippen molar-refractivity contribution in [3.05, 3.63) is 114 Å². The van der Waals surface area contributed by atoms with Gasteiger partial charge in [-0.05, 0) is 48.1 Å². The molecule has 0 fully saturated rings.